The van der Waals surface area contributed by atoms with E-state index in [4.69, 9.17) is 14.8 Å². The highest BCUT2D eigenvalue weighted by Crippen LogP contribution is 2.37. The molecule has 1 N–H and O–H groups in total. The van der Waals surface area contributed by atoms with Crippen LogP contribution in [0.3, 0.4) is 0 Å². The highest BCUT2D eigenvalue weighted by molar-refractivity contribution is 7.13. The van der Waals surface area contributed by atoms with Crippen LogP contribution in [0.25, 0.3) is 21.8 Å². The van der Waals surface area contributed by atoms with Gasteiger partial charge in [-0.3, -0.25) is 9.48 Å². The van der Waals surface area contributed by atoms with Crippen molar-refractivity contribution >= 4 is 17.2 Å². The van der Waals surface area contributed by atoms with Crippen LogP contribution in [0.4, 0.5) is 0 Å². The molecule has 1 saturated heterocycles. The fraction of sp³-hybridized carbons (Fsp3) is 0.500. The summed E-state index contributed by atoms with van der Waals surface area (Å²) in [5, 5.41) is 10.7. The molecular formula is C26H34N4O2S. The Morgan fingerprint density at radius 3 is 2.67 bits per heavy atom. The van der Waals surface area contributed by atoms with Crippen molar-refractivity contribution in [1.29, 1.82) is 0 Å². The zero-order valence-corrected chi connectivity index (χ0v) is 20.9. The Morgan fingerprint density at radius 2 is 1.97 bits per heavy atom. The number of carbonyl (C=O) groups excluding carboxylic acids is 1. The van der Waals surface area contributed by atoms with Gasteiger partial charge in [0.15, 0.2) is 0 Å². The average Bonchev–Trinajstić information content (AvgIpc) is 3.46. The van der Waals surface area contributed by atoms with Gasteiger partial charge < -0.3 is 10.1 Å². The number of carbonyl (C=O) groups is 1. The van der Waals surface area contributed by atoms with Crippen LogP contribution in [0.2, 0.25) is 0 Å². The number of hydrogen-bond donors (Lipinski definition) is 1. The first kappa shape index (κ1) is 23.6. The predicted octanol–water partition coefficient (Wildman–Crippen LogP) is 5.21. The number of aromatic nitrogens is 3. The van der Waals surface area contributed by atoms with Gasteiger partial charge in [-0.25, -0.2) is 4.98 Å². The van der Waals surface area contributed by atoms with Crippen LogP contribution in [0.5, 0.6) is 0 Å². The Labute approximate surface area is 200 Å². The van der Waals surface area contributed by atoms with E-state index in [0.717, 1.165) is 66.5 Å². The lowest BCUT2D eigenvalue weighted by Gasteiger charge is -2.26. The minimum atomic E-state index is -0.122. The van der Waals surface area contributed by atoms with Gasteiger partial charge in [-0.1, -0.05) is 36.8 Å². The molecule has 4 rings (SSSR count). The van der Waals surface area contributed by atoms with Crippen molar-refractivity contribution in [3.8, 4) is 21.8 Å². The third-order valence-corrected chi connectivity index (χ3v) is 7.51. The maximum atomic E-state index is 12.5. The van der Waals surface area contributed by atoms with Gasteiger partial charge in [-0.2, -0.15) is 5.10 Å². The van der Waals surface area contributed by atoms with Gasteiger partial charge in [-0.05, 0) is 46.0 Å². The summed E-state index contributed by atoms with van der Waals surface area (Å²) in [6.07, 6.45) is 5.21. The van der Waals surface area contributed by atoms with Crippen LogP contribution in [0, 0.1) is 12.8 Å². The van der Waals surface area contributed by atoms with Crippen LogP contribution < -0.4 is 5.32 Å². The monoisotopic (exact) mass is 466 g/mol. The topological polar surface area (TPSA) is 69.0 Å². The minimum Gasteiger partial charge on any atom is -0.381 e. The highest BCUT2D eigenvalue weighted by Gasteiger charge is 2.26. The molecule has 1 fully saturated rings. The quantitative estimate of drug-likeness (QED) is 0.495. The number of nitrogens with zero attached hydrogens (tertiary/aromatic N) is 3. The largest absolute Gasteiger partial charge is 0.381 e. The maximum absolute atomic E-state index is 12.5. The Bertz CT molecular complexity index is 1080. The Morgan fingerprint density at radius 1 is 1.24 bits per heavy atom. The summed E-state index contributed by atoms with van der Waals surface area (Å²) < 4.78 is 7.52. The molecule has 7 heteroatoms. The molecule has 0 bridgehead atoms. The number of thiazole rings is 1. The van der Waals surface area contributed by atoms with Crippen LogP contribution >= 0.6 is 11.3 Å². The number of rotatable bonds is 8. The molecule has 1 aliphatic rings. The van der Waals surface area contributed by atoms with E-state index in [-0.39, 0.29) is 11.4 Å². The van der Waals surface area contributed by atoms with Gasteiger partial charge in [0.05, 0.1) is 35.1 Å². The first-order valence-corrected chi connectivity index (χ1v) is 12.7. The molecular weight excluding hydrogens is 432 g/mol. The molecule has 0 radical (unpaired) electrons. The average molecular weight is 467 g/mol. The zero-order chi connectivity index (χ0) is 23.4. The molecule has 0 spiro atoms. The van der Waals surface area contributed by atoms with Crippen molar-refractivity contribution in [3.63, 3.8) is 0 Å². The lowest BCUT2D eigenvalue weighted by atomic mass is 9.99. The van der Waals surface area contributed by atoms with E-state index in [1.165, 1.54) is 5.56 Å². The Kier molecular flexibility index (Phi) is 7.29. The molecule has 2 aromatic heterocycles. The molecule has 1 aliphatic heterocycles. The molecule has 0 saturated carbocycles. The number of nitrogens with one attached hydrogen (secondary N) is 1. The number of hydrogen-bond acceptors (Lipinski definition) is 5. The normalized spacial score (nSPS) is 15.0. The number of ether oxygens (including phenoxy) is 1. The van der Waals surface area contributed by atoms with E-state index in [0.29, 0.717) is 12.3 Å². The lowest BCUT2D eigenvalue weighted by molar-refractivity contribution is -0.120. The van der Waals surface area contributed by atoms with Gasteiger partial charge >= 0.3 is 0 Å². The van der Waals surface area contributed by atoms with Crippen LogP contribution in [-0.2, 0) is 21.5 Å². The van der Waals surface area contributed by atoms with Gasteiger partial charge in [0.1, 0.15) is 5.01 Å². The highest BCUT2D eigenvalue weighted by atomic mass is 32.1. The van der Waals surface area contributed by atoms with Crippen molar-refractivity contribution in [2.75, 3.05) is 19.8 Å². The van der Waals surface area contributed by atoms with Crippen molar-refractivity contribution in [2.45, 2.75) is 58.9 Å². The van der Waals surface area contributed by atoms with E-state index < -0.39 is 0 Å². The molecule has 6 nitrogen and oxygen atoms in total. The second kappa shape index (κ2) is 10.2. The van der Waals surface area contributed by atoms with E-state index in [1.807, 2.05) is 11.6 Å². The van der Waals surface area contributed by atoms with Crippen molar-refractivity contribution in [2.24, 2.45) is 5.92 Å². The first-order chi connectivity index (χ1) is 15.9. The SMILES string of the molecule is CCC(C)(C)n1ncc(-c2nc(CC(=O)NCC3CCOCC3)cs2)c1-c1ccc(C)cc1. The first-order valence-electron chi connectivity index (χ1n) is 11.8. The Balaban J connectivity index is 1.54. The summed E-state index contributed by atoms with van der Waals surface area (Å²) in [7, 11) is 0. The predicted molar refractivity (Wildman–Crippen MR) is 133 cm³/mol. The smallest absolute Gasteiger partial charge is 0.226 e. The van der Waals surface area contributed by atoms with Crippen molar-refractivity contribution in [1.82, 2.24) is 20.1 Å². The number of benzene rings is 1. The number of aryl methyl sites for hydroxylation is 1. The standard InChI is InChI=1S/C26H34N4O2S/c1-5-26(3,4)30-24(20-8-6-18(2)7-9-20)22(16-28-30)25-29-21(17-33-25)14-23(31)27-15-19-10-12-32-13-11-19/h6-9,16-17,19H,5,10-15H2,1-4H3,(H,27,31). The molecule has 1 amide bonds. The summed E-state index contributed by atoms with van der Waals surface area (Å²) in [4.78, 5) is 17.3. The maximum Gasteiger partial charge on any atom is 0.226 e. The molecule has 33 heavy (non-hydrogen) atoms. The van der Waals surface area contributed by atoms with Gasteiger partial charge in [0.25, 0.3) is 0 Å². The summed E-state index contributed by atoms with van der Waals surface area (Å²) in [6.45, 7) is 11.0. The number of amides is 1. The summed E-state index contributed by atoms with van der Waals surface area (Å²) in [5.74, 6) is 0.540. The fourth-order valence-corrected chi connectivity index (χ4v) is 4.88. The van der Waals surface area contributed by atoms with E-state index in [1.54, 1.807) is 11.3 Å². The summed E-state index contributed by atoms with van der Waals surface area (Å²) in [5.41, 5.74) is 5.12. The van der Waals surface area contributed by atoms with Crippen molar-refractivity contribution in [3.05, 3.63) is 47.1 Å². The van der Waals surface area contributed by atoms with E-state index >= 15 is 0 Å². The summed E-state index contributed by atoms with van der Waals surface area (Å²) >= 11 is 1.57. The second-order valence-corrected chi connectivity index (χ2v) is 10.4. The zero-order valence-electron chi connectivity index (χ0n) is 20.1. The Hall–Kier alpha value is -2.51. The fourth-order valence-electron chi connectivity index (χ4n) is 4.05. The third-order valence-electron chi connectivity index (χ3n) is 6.59. The molecule has 176 valence electrons. The van der Waals surface area contributed by atoms with Crippen LogP contribution in [0.1, 0.15) is 51.3 Å². The molecule has 0 atom stereocenters. The molecule has 3 heterocycles. The third kappa shape index (κ3) is 5.53. The van der Waals surface area contributed by atoms with Crippen LogP contribution in [-0.4, -0.2) is 40.4 Å². The summed E-state index contributed by atoms with van der Waals surface area (Å²) in [6, 6.07) is 8.56. The van der Waals surface area contributed by atoms with E-state index in [9.17, 15) is 4.79 Å². The van der Waals surface area contributed by atoms with E-state index in [2.05, 4.69) is 62.0 Å². The van der Waals surface area contributed by atoms with Crippen LogP contribution in [0.15, 0.2) is 35.8 Å². The molecule has 0 aliphatic carbocycles. The molecule has 3 aromatic rings. The molecule has 0 unspecified atom stereocenters. The van der Waals surface area contributed by atoms with Gasteiger partial charge in [-0.15, -0.1) is 11.3 Å². The molecule has 1 aromatic carbocycles. The van der Waals surface area contributed by atoms with Crippen molar-refractivity contribution < 1.29 is 9.53 Å². The van der Waals surface area contributed by atoms with Gasteiger partial charge in [0.2, 0.25) is 5.91 Å². The van der Waals surface area contributed by atoms with Gasteiger partial charge in [0, 0.05) is 30.7 Å². The lowest BCUT2D eigenvalue weighted by Crippen LogP contribution is -2.33. The second-order valence-electron chi connectivity index (χ2n) is 9.53. The minimum absolute atomic E-state index is 0.0277.